The van der Waals surface area contributed by atoms with Crippen LogP contribution < -0.4 is 5.32 Å². The summed E-state index contributed by atoms with van der Waals surface area (Å²) in [5.74, 6) is 0.179. The van der Waals surface area contributed by atoms with Crippen LogP contribution >= 0.6 is 15.9 Å². The number of hydrogen-bond donors (Lipinski definition) is 1. The molecule has 1 aliphatic carbocycles. The molecule has 0 bridgehead atoms. The molecule has 4 heteroatoms. The smallest absolute Gasteiger partial charge is 0.252 e. The third-order valence-corrected chi connectivity index (χ3v) is 3.40. The van der Waals surface area contributed by atoms with Gasteiger partial charge in [-0.2, -0.15) is 0 Å². The highest BCUT2D eigenvalue weighted by molar-refractivity contribution is 9.10. The molecule has 1 fully saturated rings. The average Bonchev–Trinajstić information content (AvgIpc) is 3.05. The van der Waals surface area contributed by atoms with E-state index in [0.29, 0.717) is 16.6 Å². The van der Waals surface area contributed by atoms with Crippen LogP contribution in [-0.2, 0) is 0 Å². The lowest BCUT2D eigenvalue weighted by atomic mass is 10.2. The molecule has 0 saturated heterocycles. The monoisotopic (exact) mass is 285 g/mol. The Balaban J connectivity index is 1.93. The Morgan fingerprint density at radius 3 is 2.94 bits per heavy atom. The van der Waals surface area contributed by atoms with Gasteiger partial charge in [-0.1, -0.05) is 12.8 Å². The fraction of sp³-hybridized carbons (Fsp3) is 0.417. The summed E-state index contributed by atoms with van der Waals surface area (Å²) in [6, 6.07) is 4.12. The maximum absolute atomic E-state index is 13.0. The van der Waals surface area contributed by atoms with E-state index >= 15 is 0 Å². The second-order valence-electron chi connectivity index (χ2n) is 4.11. The Bertz CT molecular complexity index is 404. The second kappa shape index (κ2) is 4.95. The molecule has 2 nitrogen and oxygen atoms in total. The van der Waals surface area contributed by atoms with Gasteiger partial charge in [-0.25, -0.2) is 4.39 Å². The molecule has 0 unspecified atom stereocenters. The minimum atomic E-state index is -0.393. The number of carbonyl (C=O) groups excluding carboxylic acids is 1. The maximum atomic E-state index is 13.0. The van der Waals surface area contributed by atoms with E-state index in [0.717, 1.165) is 12.3 Å². The molecule has 1 saturated carbocycles. The van der Waals surface area contributed by atoms with E-state index < -0.39 is 5.82 Å². The number of hydrogen-bond acceptors (Lipinski definition) is 1. The van der Waals surface area contributed by atoms with Gasteiger partial charge in [0.15, 0.2) is 0 Å². The zero-order chi connectivity index (χ0) is 11.5. The first-order valence-corrected chi connectivity index (χ1v) is 6.19. The van der Waals surface area contributed by atoms with Crippen LogP contribution in [0.15, 0.2) is 22.7 Å². The lowest BCUT2D eigenvalue weighted by Crippen LogP contribution is -2.25. The number of amides is 1. The molecule has 0 radical (unpaired) electrons. The van der Waals surface area contributed by atoms with Crippen LogP contribution in [0.3, 0.4) is 0 Å². The molecule has 0 atom stereocenters. The third kappa shape index (κ3) is 3.04. The topological polar surface area (TPSA) is 29.1 Å². The molecule has 0 spiro atoms. The molecule has 1 N–H and O–H groups in total. The Morgan fingerprint density at radius 1 is 1.50 bits per heavy atom. The number of rotatable bonds is 4. The molecule has 16 heavy (non-hydrogen) atoms. The fourth-order valence-corrected chi connectivity index (χ4v) is 1.99. The van der Waals surface area contributed by atoms with Gasteiger partial charge >= 0.3 is 0 Å². The average molecular weight is 286 g/mol. The fourth-order valence-electron chi connectivity index (χ4n) is 1.56. The van der Waals surface area contributed by atoms with Crippen molar-refractivity contribution in [2.75, 3.05) is 6.54 Å². The summed E-state index contributed by atoms with van der Waals surface area (Å²) < 4.78 is 13.6. The molecule has 1 aromatic rings. The molecular weight excluding hydrogens is 273 g/mol. The number of carbonyl (C=O) groups is 1. The van der Waals surface area contributed by atoms with Gasteiger partial charge in [0.1, 0.15) is 5.82 Å². The van der Waals surface area contributed by atoms with Crippen molar-refractivity contribution in [2.24, 2.45) is 5.92 Å². The van der Waals surface area contributed by atoms with Crippen molar-refractivity contribution in [3.63, 3.8) is 0 Å². The van der Waals surface area contributed by atoms with E-state index in [9.17, 15) is 9.18 Å². The minimum Gasteiger partial charge on any atom is -0.352 e. The Morgan fingerprint density at radius 2 is 2.25 bits per heavy atom. The lowest BCUT2D eigenvalue weighted by Gasteiger charge is -2.06. The number of nitrogens with one attached hydrogen (secondary N) is 1. The zero-order valence-corrected chi connectivity index (χ0v) is 10.4. The highest BCUT2D eigenvalue weighted by Gasteiger charge is 2.21. The van der Waals surface area contributed by atoms with Gasteiger partial charge in [-0.15, -0.1) is 0 Å². The van der Waals surface area contributed by atoms with E-state index in [-0.39, 0.29) is 5.91 Å². The van der Waals surface area contributed by atoms with Crippen molar-refractivity contribution >= 4 is 21.8 Å². The van der Waals surface area contributed by atoms with Crippen molar-refractivity contribution in [1.29, 1.82) is 0 Å². The first-order chi connectivity index (χ1) is 7.66. The van der Waals surface area contributed by atoms with Gasteiger partial charge in [-0.3, -0.25) is 4.79 Å². The van der Waals surface area contributed by atoms with Crippen molar-refractivity contribution in [3.8, 4) is 0 Å². The minimum absolute atomic E-state index is 0.216. The largest absolute Gasteiger partial charge is 0.352 e. The molecule has 1 amide bonds. The van der Waals surface area contributed by atoms with Crippen molar-refractivity contribution < 1.29 is 9.18 Å². The van der Waals surface area contributed by atoms with Crippen LogP contribution in [0, 0.1) is 11.7 Å². The quantitative estimate of drug-likeness (QED) is 0.905. The van der Waals surface area contributed by atoms with Crippen molar-refractivity contribution in [2.45, 2.75) is 19.3 Å². The van der Waals surface area contributed by atoms with Gasteiger partial charge in [0.05, 0.1) is 5.56 Å². The molecule has 2 rings (SSSR count). The summed E-state index contributed by atoms with van der Waals surface area (Å²) in [4.78, 5) is 11.7. The Hall–Kier alpha value is -0.900. The Kier molecular flexibility index (Phi) is 3.59. The summed E-state index contributed by atoms with van der Waals surface area (Å²) in [5, 5.41) is 2.80. The van der Waals surface area contributed by atoms with Crippen LogP contribution in [0.25, 0.3) is 0 Å². The van der Waals surface area contributed by atoms with Gasteiger partial charge < -0.3 is 5.32 Å². The predicted molar refractivity (Wildman–Crippen MR) is 63.8 cm³/mol. The summed E-state index contributed by atoms with van der Waals surface area (Å²) in [5.41, 5.74) is 0.357. The second-order valence-corrected chi connectivity index (χ2v) is 4.97. The zero-order valence-electron chi connectivity index (χ0n) is 8.80. The normalized spacial score (nSPS) is 14.9. The van der Waals surface area contributed by atoms with E-state index in [2.05, 4.69) is 21.2 Å². The van der Waals surface area contributed by atoms with E-state index in [1.54, 1.807) is 6.07 Å². The maximum Gasteiger partial charge on any atom is 0.252 e. The first kappa shape index (κ1) is 11.6. The van der Waals surface area contributed by atoms with Crippen LogP contribution in [-0.4, -0.2) is 12.5 Å². The molecule has 1 aliphatic rings. The van der Waals surface area contributed by atoms with E-state index in [1.807, 2.05) is 0 Å². The Labute approximate surface area is 102 Å². The van der Waals surface area contributed by atoms with Crippen LogP contribution in [0.1, 0.15) is 29.6 Å². The molecular formula is C12H13BrFNO. The van der Waals surface area contributed by atoms with Crippen LogP contribution in [0.4, 0.5) is 4.39 Å². The summed E-state index contributed by atoms with van der Waals surface area (Å²) >= 11 is 3.24. The third-order valence-electron chi connectivity index (χ3n) is 2.71. The number of benzene rings is 1. The number of halogens is 2. The highest BCUT2D eigenvalue weighted by Crippen LogP contribution is 2.31. The highest BCUT2D eigenvalue weighted by atomic mass is 79.9. The van der Waals surface area contributed by atoms with Crippen LogP contribution in [0.5, 0.6) is 0 Å². The van der Waals surface area contributed by atoms with Gasteiger partial charge in [0.2, 0.25) is 0 Å². The van der Waals surface area contributed by atoms with Gasteiger partial charge in [0, 0.05) is 11.0 Å². The van der Waals surface area contributed by atoms with Crippen molar-refractivity contribution in [1.82, 2.24) is 5.32 Å². The van der Waals surface area contributed by atoms with E-state index in [4.69, 9.17) is 0 Å². The lowest BCUT2D eigenvalue weighted by molar-refractivity contribution is 0.0951. The molecule has 0 aromatic heterocycles. The predicted octanol–water partition coefficient (Wildman–Crippen LogP) is 3.12. The summed E-state index contributed by atoms with van der Waals surface area (Å²) in [6.07, 6.45) is 3.58. The molecule has 0 heterocycles. The molecule has 86 valence electrons. The standard InChI is InChI=1S/C12H13BrFNO/c13-11-4-3-9(14)7-10(11)12(16)15-6-5-8-1-2-8/h3-4,7-8H,1-2,5-6H2,(H,15,16). The van der Waals surface area contributed by atoms with Gasteiger partial charge in [0.25, 0.3) is 5.91 Å². The molecule has 0 aliphatic heterocycles. The van der Waals surface area contributed by atoms with Crippen LogP contribution in [0.2, 0.25) is 0 Å². The van der Waals surface area contributed by atoms with E-state index in [1.165, 1.54) is 25.0 Å². The summed E-state index contributed by atoms with van der Waals surface area (Å²) in [7, 11) is 0. The van der Waals surface area contributed by atoms with Crippen molar-refractivity contribution in [3.05, 3.63) is 34.1 Å². The van der Waals surface area contributed by atoms with Gasteiger partial charge in [-0.05, 0) is 46.5 Å². The SMILES string of the molecule is O=C(NCCC1CC1)c1cc(F)ccc1Br. The summed E-state index contributed by atoms with van der Waals surface area (Å²) in [6.45, 7) is 0.673. The molecule has 1 aromatic carbocycles. The first-order valence-electron chi connectivity index (χ1n) is 5.40.